The number of aliphatic hydroxyl groups is 5. The smallest absolute Gasteiger partial charge is 0.302 e. The van der Waals surface area contributed by atoms with Gasteiger partial charge >= 0.3 is 5.97 Å². The first kappa shape index (κ1) is 34.2. The molecule has 5 aliphatic carbocycles. The van der Waals surface area contributed by atoms with Gasteiger partial charge in [-0.3, -0.25) is 4.79 Å². The lowest BCUT2D eigenvalue weighted by molar-refractivity contribution is -0.304. The average molecular weight is 679 g/mol. The molecule has 3 saturated heterocycles. The Morgan fingerprint density at radius 1 is 0.896 bits per heavy atom. The number of carbonyl (C=O) groups is 1. The van der Waals surface area contributed by atoms with E-state index in [9.17, 15) is 30.3 Å². The molecule has 18 atom stereocenters. The van der Waals surface area contributed by atoms with E-state index in [1.165, 1.54) is 6.92 Å². The van der Waals surface area contributed by atoms with Gasteiger partial charge < -0.3 is 49.2 Å². The Kier molecular flexibility index (Phi) is 7.24. The summed E-state index contributed by atoms with van der Waals surface area (Å²) < 4.78 is 32.2. The van der Waals surface area contributed by atoms with Crippen molar-refractivity contribution >= 4 is 5.97 Å². The molecule has 0 radical (unpaired) electrons. The number of hydrogen-bond donors (Lipinski definition) is 5. The van der Waals surface area contributed by atoms with Crippen LogP contribution in [-0.2, 0) is 28.5 Å². The van der Waals surface area contributed by atoms with E-state index in [4.69, 9.17) is 23.7 Å². The number of ether oxygens (including phenoxy) is 5. The Morgan fingerprint density at radius 2 is 1.58 bits per heavy atom. The number of rotatable bonds is 4. The van der Waals surface area contributed by atoms with Crippen LogP contribution in [0.5, 0.6) is 0 Å². The molecule has 8 rings (SSSR count). The predicted octanol–water partition coefficient (Wildman–Crippen LogP) is 2.66. The normalized spacial score (nSPS) is 59.4. The molecule has 5 N–H and O–H groups in total. The molecule has 8 fully saturated rings. The van der Waals surface area contributed by atoms with E-state index in [0.29, 0.717) is 6.42 Å². The molecule has 5 saturated carbocycles. The molecule has 272 valence electrons. The highest BCUT2D eigenvalue weighted by molar-refractivity contribution is 5.66. The summed E-state index contributed by atoms with van der Waals surface area (Å²) in [6, 6.07) is 0. The van der Waals surface area contributed by atoms with Gasteiger partial charge in [0.05, 0.1) is 24.4 Å². The second-order valence-electron chi connectivity index (χ2n) is 18.9. The molecule has 3 aliphatic heterocycles. The van der Waals surface area contributed by atoms with Gasteiger partial charge in [0.2, 0.25) is 0 Å². The fraction of sp³-hybridized carbons (Fsp3) is 0.973. The van der Waals surface area contributed by atoms with Crippen molar-refractivity contribution in [3.05, 3.63) is 0 Å². The van der Waals surface area contributed by atoms with Crippen LogP contribution in [0.4, 0.5) is 0 Å². The van der Waals surface area contributed by atoms with E-state index in [2.05, 4.69) is 34.6 Å². The van der Waals surface area contributed by atoms with E-state index in [-0.39, 0.29) is 64.7 Å². The van der Waals surface area contributed by atoms with Crippen molar-refractivity contribution in [2.75, 3.05) is 6.61 Å². The zero-order chi connectivity index (χ0) is 34.8. The fourth-order valence-electron chi connectivity index (χ4n) is 14.3. The molecule has 0 aromatic heterocycles. The van der Waals surface area contributed by atoms with Gasteiger partial charge in [-0.2, -0.15) is 0 Å². The van der Waals surface area contributed by atoms with Gasteiger partial charge in [-0.25, -0.2) is 0 Å². The summed E-state index contributed by atoms with van der Waals surface area (Å²) in [5.41, 5.74) is -2.98. The summed E-state index contributed by atoms with van der Waals surface area (Å²) in [5, 5.41) is 55.0. The zero-order valence-electron chi connectivity index (χ0n) is 29.8. The molecular weight excluding hydrogens is 620 g/mol. The SMILES string of the molecule is CC(=O)O[C@@H]1C[C@]23C[C@]24CC[C@H](O[C@@H]2OC[C@H](O)[C@H](O)[C@H]2O)C(C)(C)[C@@H]4CC[C@H]3[C@@]2(C)[C@@H](O)[C@]34O[C@H](C[C@@H](C)[C@@H]3[C@]12C)[C@@H](C(C)(C)O)O4. The van der Waals surface area contributed by atoms with Crippen molar-refractivity contribution in [2.45, 2.75) is 167 Å². The van der Waals surface area contributed by atoms with E-state index >= 15 is 0 Å². The fourth-order valence-corrected chi connectivity index (χ4v) is 14.3. The van der Waals surface area contributed by atoms with Gasteiger partial charge in [0.15, 0.2) is 12.1 Å². The number of fused-ring (bicyclic) bond motifs is 4. The predicted molar refractivity (Wildman–Crippen MR) is 170 cm³/mol. The van der Waals surface area contributed by atoms with Crippen molar-refractivity contribution in [3.8, 4) is 0 Å². The largest absolute Gasteiger partial charge is 0.462 e. The lowest BCUT2D eigenvalue weighted by Crippen LogP contribution is -2.65. The average Bonchev–Trinajstić information content (AvgIpc) is 3.48. The van der Waals surface area contributed by atoms with Crippen molar-refractivity contribution in [1.82, 2.24) is 0 Å². The Morgan fingerprint density at radius 3 is 2.25 bits per heavy atom. The molecule has 3 spiro atoms. The van der Waals surface area contributed by atoms with Gasteiger partial charge in [0.25, 0.3) is 0 Å². The molecule has 11 heteroatoms. The molecule has 2 bridgehead atoms. The summed E-state index contributed by atoms with van der Waals surface area (Å²) in [5.74, 6) is -1.33. The van der Waals surface area contributed by atoms with Crippen LogP contribution < -0.4 is 0 Å². The van der Waals surface area contributed by atoms with Crippen LogP contribution in [0, 0.1) is 50.7 Å². The monoisotopic (exact) mass is 678 g/mol. The highest BCUT2D eigenvalue weighted by Crippen LogP contribution is 2.90. The van der Waals surface area contributed by atoms with E-state index in [0.717, 1.165) is 38.5 Å². The summed E-state index contributed by atoms with van der Waals surface area (Å²) in [4.78, 5) is 12.9. The van der Waals surface area contributed by atoms with Crippen molar-refractivity contribution in [1.29, 1.82) is 0 Å². The van der Waals surface area contributed by atoms with E-state index in [1.807, 2.05) is 0 Å². The minimum Gasteiger partial charge on any atom is -0.462 e. The Balaban J connectivity index is 1.16. The van der Waals surface area contributed by atoms with Gasteiger partial charge in [-0.15, -0.1) is 0 Å². The minimum absolute atomic E-state index is 0.0317. The van der Waals surface area contributed by atoms with Crippen LogP contribution in [0.1, 0.15) is 100 Å². The summed E-state index contributed by atoms with van der Waals surface area (Å²) in [6.45, 7) is 16.0. The molecule has 48 heavy (non-hydrogen) atoms. The zero-order valence-corrected chi connectivity index (χ0v) is 29.8. The highest BCUT2D eigenvalue weighted by atomic mass is 16.8. The standard InChI is InChI=1S/C37H58O11/c1-17-13-20-28(32(5,6)43)48-37(47-20)27(17)34(8)24(45-18(2)38)14-36-16-35(36)12-11-23(46-29-26(41)25(40)19(39)15-44-29)31(3,4)21(35)9-10-22(36)33(34,7)30(37)42/h17,19-30,39-43H,9-16H2,1-8H3/t17-,19+,20-,21+,22+,23+,24-,25+,26-,27-,28+,29+,30-,33+,34+,35+,36-,37+/m1/s1. The maximum absolute atomic E-state index is 12.9. The van der Waals surface area contributed by atoms with Crippen LogP contribution in [0.2, 0.25) is 0 Å². The summed E-state index contributed by atoms with van der Waals surface area (Å²) in [6.07, 6.45) is -1.55. The maximum atomic E-state index is 12.9. The summed E-state index contributed by atoms with van der Waals surface area (Å²) in [7, 11) is 0. The van der Waals surface area contributed by atoms with Crippen molar-refractivity contribution in [2.24, 2.45) is 50.7 Å². The van der Waals surface area contributed by atoms with E-state index in [1.54, 1.807) is 13.8 Å². The Hall–Kier alpha value is -0.890. The first-order valence-corrected chi connectivity index (χ1v) is 18.5. The van der Waals surface area contributed by atoms with Gasteiger partial charge in [-0.05, 0) is 92.8 Å². The number of carbonyl (C=O) groups excluding carboxylic acids is 1. The number of hydrogen-bond acceptors (Lipinski definition) is 11. The molecular formula is C37H58O11. The molecule has 3 heterocycles. The van der Waals surface area contributed by atoms with Crippen molar-refractivity contribution in [3.63, 3.8) is 0 Å². The minimum atomic E-state index is -1.34. The van der Waals surface area contributed by atoms with Gasteiger partial charge in [0, 0.05) is 23.7 Å². The third-order valence-corrected chi connectivity index (χ3v) is 16.2. The topological polar surface area (TPSA) is 164 Å². The number of esters is 1. The van der Waals surface area contributed by atoms with Crippen LogP contribution in [0.3, 0.4) is 0 Å². The third-order valence-electron chi connectivity index (χ3n) is 16.2. The van der Waals surface area contributed by atoms with E-state index < -0.39 is 65.1 Å². The first-order chi connectivity index (χ1) is 22.2. The molecule has 0 aromatic rings. The van der Waals surface area contributed by atoms with Crippen LogP contribution in [0.25, 0.3) is 0 Å². The molecule has 8 aliphatic rings. The first-order valence-electron chi connectivity index (χ1n) is 18.5. The van der Waals surface area contributed by atoms with Crippen LogP contribution >= 0.6 is 0 Å². The quantitative estimate of drug-likeness (QED) is 0.219. The molecule has 0 unspecified atom stereocenters. The van der Waals surface area contributed by atoms with Gasteiger partial charge in [-0.1, -0.05) is 34.6 Å². The maximum Gasteiger partial charge on any atom is 0.302 e. The third kappa shape index (κ3) is 3.90. The van der Waals surface area contributed by atoms with Crippen LogP contribution in [0.15, 0.2) is 0 Å². The Bertz CT molecular complexity index is 1350. The molecule has 0 aromatic carbocycles. The van der Waals surface area contributed by atoms with Crippen LogP contribution in [-0.4, -0.2) is 105 Å². The summed E-state index contributed by atoms with van der Waals surface area (Å²) >= 11 is 0. The highest BCUT2D eigenvalue weighted by Gasteiger charge is 2.90. The molecule has 11 nitrogen and oxygen atoms in total. The Labute approximate surface area is 284 Å². The number of aliphatic hydroxyl groups excluding tert-OH is 4. The van der Waals surface area contributed by atoms with Crippen molar-refractivity contribution < 1.29 is 54.0 Å². The second kappa shape index (κ2) is 10.2. The molecule has 0 amide bonds. The lowest BCUT2D eigenvalue weighted by atomic mass is 9.40. The lowest BCUT2D eigenvalue weighted by Gasteiger charge is -2.65. The second-order valence-corrected chi connectivity index (χ2v) is 18.9. The van der Waals surface area contributed by atoms with Gasteiger partial charge in [0.1, 0.15) is 36.6 Å².